The number of hydrogen-bond donors (Lipinski definition) is 1. The van der Waals surface area contributed by atoms with Crippen LogP contribution in [0.4, 0.5) is 0 Å². The van der Waals surface area contributed by atoms with Crippen LogP contribution >= 0.6 is 23.6 Å². The van der Waals surface area contributed by atoms with E-state index in [1.807, 2.05) is 0 Å². The zero-order valence-corrected chi connectivity index (χ0v) is 12.0. The molecule has 3 aromatic rings. The number of nitrogens with one attached hydrogen (secondary N) is 1. The van der Waals surface area contributed by atoms with Gasteiger partial charge in [-0.2, -0.15) is 0 Å². The third-order valence-electron chi connectivity index (χ3n) is 3.29. The highest BCUT2D eigenvalue weighted by molar-refractivity contribution is 7.71. The Morgan fingerprint density at radius 3 is 2.78 bits per heavy atom. The van der Waals surface area contributed by atoms with Gasteiger partial charge in [0.2, 0.25) is 0 Å². The number of nitrogens with zero attached hydrogens (tertiary/aromatic N) is 1. The molecule has 92 valence electrons. The van der Waals surface area contributed by atoms with Crippen molar-refractivity contribution in [2.45, 2.75) is 20.4 Å². The molecule has 2 heterocycles. The summed E-state index contributed by atoms with van der Waals surface area (Å²) in [6.07, 6.45) is 0. The van der Waals surface area contributed by atoms with Crippen LogP contribution in [0.25, 0.3) is 11.0 Å². The van der Waals surface area contributed by atoms with Crippen LogP contribution in [0.3, 0.4) is 0 Å². The predicted molar refractivity (Wildman–Crippen MR) is 80.0 cm³/mol. The van der Waals surface area contributed by atoms with E-state index < -0.39 is 0 Å². The second-order valence-corrected chi connectivity index (χ2v) is 5.90. The monoisotopic (exact) mass is 274 g/mol. The van der Waals surface area contributed by atoms with Crippen molar-refractivity contribution in [1.29, 1.82) is 0 Å². The highest BCUT2D eigenvalue weighted by Crippen LogP contribution is 2.22. The molecule has 0 unspecified atom stereocenters. The van der Waals surface area contributed by atoms with Crippen molar-refractivity contribution in [3.63, 3.8) is 0 Å². The first kappa shape index (κ1) is 11.7. The normalized spacial score (nSPS) is 11.2. The van der Waals surface area contributed by atoms with E-state index in [9.17, 15) is 0 Å². The van der Waals surface area contributed by atoms with Crippen molar-refractivity contribution in [3.8, 4) is 0 Å². The molecule has 4 heteroatoms. The number of benzene rings is 1. The topological polar surface area (TPSA) is 20.7 Å². The molecule has 18 heavy (non-hydrogen) atoms. The maximum atomic E-state index is 5.44. The highest BCUT2D eigenvalue weighted by Gasteiger charge is 2.08. The van der Waals surface area contributed by atoms with Crippen molar-refractivity contribution in [2.24, 2.45) is 0 Å². The summed E-state index contributed by atoms with van der Waals surface area (Å²) in [6.45, 7) is 5.11. The van der Waals surface area contributed by atoms with Gasteiger partial charge in [0.15, 0.2) is 4.77 Å². The lowest BCUT2D eigenvalue weighted by Gasteiger charge is -2.04. The Morgan fingerprint density at radius 1 is 1.22 bits per heavy atom. The van der Waals surface area contributed by atoms with E-state index in [0.29, 0.717) is 0 Å². The molecule has 0 saturated carbocycles. The average Bonchev–Trinajstić information content (AvgIpc) is 2.87. The van der Waals surface area contributed by atoms with E-state index in [2.05, 4.69) is 53.0 Å². The quantitative estimate of drug-likeness (QED) is 0.686. The first-order valence-corrected chi connectivity index (χ1v) is 7.16. The molecule has 0 saturated heterocycles. The fourth-order valence-electron chi connectivity index (χ4n) is 2.19. The summed E-state index contributed by atoms with van der Waals surface area (Å²) in [5, 5.41) is 2.13. The molecule has 2 nitrogen and oxygen atoms in total. The largest absolute Gasteiger partial charge is 0.330 e. The standard InChI is InChI=1S/C14H14N2S2/c1-9-6-7-18-12(9)8-16-11-5-3-4-10(2)13(11)15-14(16)17/h3-7H,8H2,1-2H3,(H,15,17). The number of aromatic nitrogens is 2. The number of fused-ring (bicyclic) bond motifs is 1. The summed E-state index contributed by atoms with van der Waals surface area (Å²) in [7, 11) is 0. The first-order chi connectivity index (χ1) is 8.66. The summed E-state index contributed by atoms with van der Waals surface area (Å²) < 4.78 is 2.98. The van der Waals surface area contributed by atoms with Crippen molar-refractivity contribution in [1.82, 2.24) is 9.55 Å². The van der Waals surface area contributed by atoms with E-state index in [1.54, 1.807) is 11.3 Å². The SMILES string of the molecule is Cc1ccsc1Cn1c(=S)[nH]c2c(C)cccc21. The van der Waals surface area contributed by atoms with Crippen molar-refractivity contribution >= 4 is 34.6 Å². The molecule has 0 atom stereocenters. The van der Waals surface area contributed by atoms with Crippen LogP contribution in [-0.4, -0.2) is 9.55 Å². The molecule has 0 aliphatic carbocycles. The van der Waals surface area contributed by atoms with Gasteiger partial charge in [0, 0.05) is 4.88 Å². The number of imidazole rings is 1. The molecule has 0 aliphatic rings. The minimum atomic E-state index is 0.798. The van der Waals surface area contributed by atoms with E-state index >= 15 is 0 Å². The van der Waals surface area contributed by atoms with Crippen LogP contribution < -0.4 is 0 Å². The highest BCUT2D eigenvalue weighted by atomic mass is 32.1. The van der Waals surface area contributed by atoms with Gasteiger partial charge in [0.1, 0.15) is 0 Å². The third-order valence-corrected chi connectivity index (χ3v) is 4.62. The lowest BCUT2D eigenvalue weighted by atomic mass is 10.2. The Balaban J connectivity index is 2.18. The van der Waals surface area contributed by atoms with E-state index in [0.717, 1.165) is 16.8 Å². The Morgan fingerprint density at radius 2 is 2.06 bits per heavy atom. The van der Waals surface area contributed by atoms with Gasteiger partial charge in [0.05, 0.1) is 17.6 Å². The van der Waals surface area contributed by atoms with E-state index in [1.165, 1.54) is 21.5 Å². The maximum Gasteiger partial charge on any atom is 0.178 e. The number of aromatic amines is 1. The summed E-state index contributed by atoms with van der Waals surface area (Å²) in [5.74, 6) is 0. The van der Waals surface area contributed by atoms with Gasteiger partial charge in [0.25, 0.3) is 0 Å². The second kappa shape index (κ2) is 4.37. The van der Waals surface area contributed by atoms with Crippen LogP contribution in [0.15, 0.2) is 29.6 Å². The predicted octanol–water partition coefficient (Wildman–Crippen LogP) is 4.43. The molecule has 0 amide bonds. The van der Waals surface area contributed by atoms with Gasteiger partial charge in [-0.3, -0.25) is 0 Å². The van der Waals surface area contributed by atoms with Crippen LogP contribution in [0.2, 0.25) is 0 Å². The summed E-state index contributed by atoms with van der Waals surface area (Å²) in [6, 6.07) is 8.47. The van der Waals surface area contributed by atoms with Gasteiger partial charge < -0.3 is 9.55 Å². The van der Waals surface area contributed by atoms with Gasteiger partial charge in [-0.1, -0.05) is 12.1 Å². The number of para-hydroxylation sites is 1. The molecule has 1 N–H and O–H groups in total. The zero-order valence-electron chi connectivity index (χ0n) is 10.4. The Labute approximate surface area is 115 Å². The smallest absolute Gasteiger partial charge is 0.178 e. The van der Waals surface area contributed by atoms with Crippen LogP contribution in [0.1, 0.15) is 16.0 Å². The summed E-state index contributed by atoms with van der Waals surface area (Å²) in [5.41, 5.74) is 4.91. The molecular weight excluding hydrogens is 260 g/mol. The number of aryl methyl sites for hydroxylation is 2. The van der Waals surface area contributed by atoms with Gasteiger partial charge in [-0.25, -0.2) is 0 Å². The summed E-state index contributed by atoms with van der Waals surface area (Å²) >= 11 is 7.23. The molecule has 0 fully saturated rings. The molecular formula is C14H14N2S2. The number of hydrogen-bond acceptors (Lipinski definition) is 2. The molecule has 3 rings (SSSR count). The Hall–Kier alpha value is -1.39. The molecule has 2 aromatic heterocycles. The fourth-order valence-corrected chi connectivity index (χ4v) is 3.35. The lowest BCUT2D eigenvalue weighted by molar-refractivity contribution is 0.819. The first-order valence-electron chi connectivity index (χ1n) is 5.88. The number of rotatable bonds is 2. The third kappa shape index (κ3) is 1.82. The van der Waals surface area contributed by atoms with E-state index in [-0.39, 0.29) is 0 Å². The van der Waals surface area contributed by atoms with Crippen molar-refractivity contribution in [3.05, 3.63) is 50.4 Å². The van der Waals surface area contributed by atoms with Crippen LogP contribution in [-0.2, 0) is 6.54 Å². The number of H-pyrrole nitrogens is 1. The van der Waals surface area contributed by atoms with E-state index in [4.69, 9.17) is 12.2 Å². The van der Waals surface area contributed by atoms with Crippen molar-refractivity contribution in [2.75, 3.05) is 0 Å². The second-order valence-electron chi connectivity index (χ2n) is 4.51. The molecule has 1 aromatic carbocycles. The number of thiophene rings is 1. The van der Waals surface area contributed by atoms with Crippen molar-refractivity contribution < 1.29 is 0 Å². The molecule has 0 radical (unpaired) electrons. The molecule has 0 bridgehead atoms. The average molecular weight is 274 g/mol. The molecule has 0 spiro atoms. The fraction of sp³-hybridized carbons (Fsp3) is 0.214. The Kier molecular flexibility index (Phi) is 2.84. The van der Waals surface area contributed by atoms with Gasteiger partial charge in [-0.05, 0) is 54.7 Å². The van der Waals surface area contributed by atoms with Crippen LogP contribution in [0, 0.1) is 18.6 Å². The minimum Gasteiger partial charge on any atom is -0.330 e. The van der Waals surface area contributed by atoms with Crippen LogP contribution in [0.5, 0.6) is 0 Å². The minimum absolute atomic E-state index is 0.798. The Bertz CT molecular complexity index is 762. The van der Waals surface area contributed by atoms with Gasteiger partial charge in [-0.15, -0.1) is 11.3 Å². The van der Waals surface area contributed by atoms with Gasteiger partial charge >= 0.3 is 0 Å². The lowest BCUT2D eigenvalue weighted by Crippen LogP contribution is -1.98. The molecule has 0 aliphatic heterocycles. The zero-order chi connectivity index (χ0) is 12.7. The maximum absolute atomic E-state index is 5.44. The summed E-state index contributed by atoms with van der Waals surface area (Å²) in [4.78, 5) is 4.68.